The normalized spacial score (nSPS) is 0. The molecule has 0 aromatic carbocycles. The third kappa shape index (κ3) is 17.7. The SMILES string of the molecule is [Ba+2].[Ba+2].[Cu+2].[O-2].[Y+3]. The van der Waals surface area contributed by atoms with Crippen LogP contribution in [0.4, 0.5) is 0 Å². The molecule has 0 aromatic heterocycles. The number of hydrogen-bond acceptors (Lipinski definition) is 0. The van der Waals surface area contributed by atoms with Crippen LogP contribution in [0.1, 0.15) is 0 Å². The fourth-order valence-electron chi connectivity index (χ4n) is 0. The number of rotatable bonds is 0. The van der Waals surface area contributed by atoms with E-state index in [9.17, 15) is 0 Å². The van der Waals surface area contributed by atoms with Gasteiger partial charge in [0.2, 0.25) is 0 Å². The van der Waals surface area contributed by atoms with Crippen molar-refractivity contribution in [2.75, 3.05) is 0 Å². The van der Waals surface area contributed by atoms with Crippen molar-refractivity contribution in [2.45, 2.75) is 0 Å². The van der Waals surface area contributed by atoms with Gasteiger partial charge in [0.05, 0.1) is 0 Å². The molecule has 5 heteroatoms. The molecule has 0 amide bonds. The second-order valence-corrected chi connectivity index (χ2v) is 0. The minimum absolute atomic E-state index is 0. The second-order valence-electron chi connectivity index (χ2n) is 0. The maximum Gasteiger partial charge on any atom is 3.00 e. The molecule has 0 aliphatic carbocycles. The topological polar surface area (TPSA) is 28.5 Å². The average molecular weight is 443 g/mol. The predicted octanol–water partition coefficient (Wildman–Crippen LogP) is -0.885. The van der Waals surface area contributed by atoms with Gasteiger partial charge in [-0.15, -0.1) is 0 Å². The Bertz CT molecular complexity index is 9.61. The maximum absolute atomic E-state index is 0. The van der Waals surface area contributed by atoms with Crippen molar-refractivity contribution in [1.82, 2.24) is 0 Å². The van der Waals surface area contributed by atoms with Gasteiger partial charge < -0.3 is 5.48 Å². The van der Waals surface area contributed by atoms with Gasteiger partial charge in [0.15, 0.2) is 0 Å². The van der Waals surface area contributed by atoms with Crippen LogP contribution in [-0.4, -0.2) is 97.8 Å². The molecule has 1 radical (unpaired) electrons. The van der Waals surface area contributed by atoms with Gasteiger partial charge in [0, 0.05) is 0 Å². The third-order valence-corrected chi connectivity index (χ3v) is 0. The van der Waals surface area contributed by atoms with Crippen LogP contribution in [0.2, 0.25) is 0 Å². The minimum Gasteiger partial charge on any atom is -2.00 e. The van der Waals surface area contributed by atoms with Crippen LogP contribution in [0.3, 0.4) is 0 Å². The first-order valence-electron chi connectivity index (χ1n) is 0. The van der Waals surface area contributed by atoms with Gasteiger partial charge in [0.1, 0.15) is 0 Å². The summed E-state index contributed by atoms with van der Waals surface area (Å²) in [5.41, 5.74) is 0. The summed E-state index contributed by atoms with van der Waals surface area (Å²) in [5.74, 6) is 0. The molecule has 0 aliphatic heterocycles. The zero-order valence-electron chi connectivity index (χ0n) is 2.70. The van der Waals surface area contributed by atoms with Crippen molar-refractivity contribution < 1.29 is 55.3 Å². The zero-order valence-corrected chi connectivity index (χ0v) is 15.4. The molecule has 0 fully saturated rings. The molecule has 5 heavy (non-hydrogen) atoms. The first kappa shape index (κ1) is 33.2. The Balaban J connectivity index is 0. The fraction of sp³-hybridized carbons (Fsp3) is 0. The van der Waals surface area contributed by atoms with E-state index in [0.29, 0.717) is 0 Å². The molecule has 0 unspecified atom stereocenters. The summed E-state index contributed by atoms with van der Waals surface area (Å²) in [5, 5.41) is 0. The fourth-order valence-corrected chi connectivity index (χ4v) is 0. The summed E-state index contributed by atoms with van der Waals surface area (Å²) in [6.45, 7) is 0. The Morgan fingerprint density at radius 3 is 0.800 bits per heavy atom. The van der Waals surface area contributed by atoms with E-state index < -0.39 is 0 Å². The molecule has 0 atom stereocenters. The zero-order chi connectivity index (χ0) is 0. The van der Waals surface area contributed by atoms with E-state index in [0.717, 1.165) is 0 Å². The smallest absolute Gasteiger partial charge is 2.00 e. The molecular weight excluding hydrogens is 443 g/mol. The van der Waals surface area contributed by atoms with Crippen LogP contribution < -0.4 is 0 Å². The summed E-state index contributed by atoms with van der Waals surface area (Å²) < 4.78 is 0. The van der Waals surface area contributed by atoms with E-state index in [2.05, 4.69) is 0 Å². The molecule has 0 rings (SSSR count). The van der Waals surface area contributed by atoms with E-state index in [-0.39, 0.29) is 153 Å². The first-order valence-corrected chi connectivity index (χ1v) is 0. The van der Waals surface area contributed by atoms with Crippen molar-refractivity contribution in [3.63, 3.8) is 0 Å². The second kappa shape index (κ2) is 23.3. The Morgan fingerprint density at radius 2 is 0.800 bits per heavy atom. The van der Waals surface area contributed by atoms with E-state index in [1.807, 2.05) is 0 Å². The summed E-state index contributed by atoms with van der Waals surface area (Å²) in [6, 6.07) is 0. The molecule has 0 saturated heterocycles. The summed E-state index contributed by atoms with van der Waals surface area (Å²) >= 11 is 0. The van der Waals surface area contributed by atoms with Gasteiger partial charge in [-0.2, -0.15) is 0 Å². The van der Waals surface area contributed by atoms with Crippen LogP contribution in [-0.2, 0) is 55.3 Å². The molecular formula is Ba2CuOY+7. The molecule has 0 heterocycles. The van der Waals surface area contributed by atoms with E-state index in [1.54, 1.807) is 0 Å². The van der Waals surface area contributed by atoms with Crippen molar-refractivity contribution >= 4 is 97.8 Å². The van der Waals surface area contributed by atoms with Crippen LogP contribution in [0, 0.1) is 0 Å². The molecule has 1 nitrogen and oxygen atoms in total. The van der Waals surface area contributed by atoms with Gasteiger partial charge in [-0.3, -0.25) is 0 Å². The van der Waals surface area contributed by atoms with Gasteiger partial charge >= 0.3 is 148 Å². The molecule has 17 valence electrons. The van der Waals surface area contributed by atoms with Crippen LogP contribution in [0.15, 0.2) is 0 Å². The summed E-state index contributed by atoms with van der Waals surface area (Å²) in [7, 11) is 0. The molecule has 0 N–H and O–H groups in total. The Morgan fingerprint density at radius 1 is 0.800 bits per heavy atom. The first-order chi connectivity index (χ1) is 0. The van der Waals surface area contributed by atoms with E-state index >= 15 is 0 Å². The van der Waals surface area contributed by atoms with Gasteiger partial charge in [-0.25, -0.2) is 0 Å². The van der Waals surface area contributed by atoms with Crippen molar-refractivity contribution in [2.24, 2.45) is 0 Å². The summed E-state index contributed by atoms with van der Waals surface area (Å²) in [4.78, 5) is 0. The Labute approximate surface area is 148 Å². The molecule has 0 spiro atoms. The summed E-state index contributed by atoms with van der Waals surface area (Å²) in [6.07, 6.45) is 0. The van der Waals surface area contributed by atoms with Gasteiger partial charge in [0.25, 0.3) is 0 Å². The van der Waals surface area contributed by atoms with Crippen molar-refractivity contribution in [3.8, 4) is 0 Å². The molecule has 0 bridgehead atoms. The van der Waals surface area contributed by atoms with Crippen LogP contribution in [0.5, 0.6) is 0 Å². The van der Waals surface area contributed by atoms with E-state index in [1.165, 1.54) is 0 Å². The van der Waals surface area contributed by atoms with Gasteiger partial charge in [-0.05, 0) is 0 Å². The Kier molecular flexibility index (Phi) is 155. The van der Waals surface area contributed by atoms with Crippen LogP contribution >= 0.6 is 0 Å². The van der Waals surface area contributed by atoms with Crippen molar-refractivity contribution in [1.29, 1.82) is 0 Å². The molecule has 0 aromatic rings. The van der Waals surface area contributed by atoms with Crippen molar-refractivity contribution in [3.05, 3.63) is 0 Å². The number of hydrogen-bond donors (Lipinski definition) is 0. The molecule has 0 aliphatic rings. The largest absolute Gasteiger partial charge is 3.00 e. The minimum atomic E-state index is 0. The van der Waals surface area contributed by atoms with Gasteiger partial charge in [-0.1, -0.05) is 0 Å². The third-order valence-electron chi connectivity index (χ3n) is 0. The monoisotopic (exact) mass is 444 g/mol. The molecule has 0 saturated carbocycles. The predicted molar refractivity (Wildman–Crippen MR) is 12.2 cm³/mol. The quantitative estimate of drug-likeness (QED) is 0.436. The average Bonchev–Trinajstić information content (AvgIpc) is 0. The maximum atomic E-state index is 0. The van der Waals surface area contributed by atoms with Crippen LogP contribution in [0.25, 0.3) is 0 Å². The standard InChI is InChI=1S/2Ba.Cu.O.Y/q3*+2;-2;+3. The Hall–Kier alpha value is 4.73. The van der Waals surface area contributed by atoms with E-state index in [4.69, 9.17) is 0 Å².